The van der Waals surface area contributed by atoms with Crippen LogP contribution < -0.4 is 5.32 Å². The number of rotatable bonds is 15. The summed E-state index contributed by atoms with van der Waals surface area (Å²) in [7, 11) is 0. The average Bonchev–Trinajstić information content (AvgIpc) is 3.18. The second kappa shape index (κ2) is 15.1. The molecule has 0 saturated heterocycles. The molecule has 1 N–H and O–H groups in total. The van der Waals surface area contributed by atoms with E-state index in [-0.39, 0.29) is 23.6 Å². The molecule has 1 heterocycles. The summed E-state index contributed by atoms with van der Waals surface area (Å²) in [6.45, 7) is 17.9. The van der Waals surface area contributed by atoms with Gasteiger partial charge in [-0.25, -0.2) is 4.39 Å². The van der Waals surface area contributed by atoms with Crippen LogP contribution in [0.3, 0.4) is 0 Å². The van der Waals surface area contributed by atoms with Gasteiger partial charge in [-0.2, -0.15) is 5.26 Å². The molecule has 1 amide bonds. The summed E-state index contributed by atoms with van der Waals surface area (Å²) >= 11 is 3.49. The minimum Gasteiger partial charge on any atom is -0.460 e. The van der Waals surface area contributed by atoms with Gasteiger partial charge >= 0.3 is 5.97 Å². The van der Waals surface area contributed by atoms with Gasteiger partial charge in [0.1, 0.15) is 11.4 Å². The van der Waals surface area contributed by atoms with Gasteiger partial charge in [-0.3, -0.25) is 9.59 Å². The Kier molecular flexibility index (Phi) is 12.8. The summed E-state index contributed by atoms with van der Waals surface area (Å²) in [5.41, 5.74) is 3.18. The Bertz CT molecular complexity index is 1210. The SMILES string of the molecule is C=C(CC)C1=C(c2cc(CCCC#N)c(Br)c(F)c2CCC)C(CC)(CCCC(C)CC(=O)OC(C)(C)C)C(=O)N1. The molecule has 2 unspecified atom stereocenters. The number of ether oxygens (including phenoxy) is 1. The van der Waals surface area contributed by atoms with Gasteiger partial charge in [0.05, 0.1) is 16.0 Å². The van der Waals surface area contributed by atoms with Gasteiger partial charge in [-0.1, -0.05) is 53.5 Å². The van der Waals surface area contributed by atoms with E-state index in [9.17, 15) is 9.59 Å². The smallest absolute Gasteiger partial charge is 0.306 e. The number of unbranched alkanes of at least 4 members (excludes halogenated alkanes) is 1. The van der Waals surface area contributed by atoms with E-state index in [2.05, 4.69) is 33.9 Å². The van der Waals surface area contributed by atoms with E-state index >= 15 is 4.39 Å². The lowest BCUT2D eigenvalue weighted by molar-refractivity contribution is -0.155. The molecular formula is C34H48BrFN2O3. The first-order valence-electron chi connectivity index (χ1n) is 15.1. The zero-order valence-corrected chi connectivity index (χ0v) is 27.7. The van der Waals surface area contributed by atoms with E-state index in [1.54, 1.807) is 0 Å². The van der Waals surface area contributed by atoms with Crippen LogP contribution in [0.2, 0.25) is 0 Å². The second-order valence-corrected chi connectivity index (χ2v) is 13.1. The largest absolute Gasteiger partial charge is 0.460 e. The Labute approximate surface area is 255 Å². The molecule has 41 heavy (non-hydrogen) atoms. The molecule has 0 bridgehead atoms. The fourth-order valence-corrected chi connectivity index (χ4v) is 6.28. The van der Waals surface area contributed by atoms with Crippen molar-refractivity contribution in [2.24, 2.45) is 11.3 Å². The van der Waals surface area contributed by atoms with Gasteiger partial charge in [0, 0.05) is 18.5 Å². The summed E-state index contributed by atoms with van der Waals surface area (Å²) < 4.78 is 22.0. The summed E-state index contributed by atoms with van der Waals surface area (Å²) in [5.74, 6) is -0.473. The predicted octanol–water partition coefficient (Wildman–Crippen LogP) is 9.13. The van der Waals surface area contributed by atoms with Crippen LogP contribution in [0.1, 0.15) is 123 Å². The lowest BCUT2D eigenvalue weighted by Crippen LogP contribution is -2.34. The van der Waals surface area contributed by atoms with Crippen LogP contribution in [-0.4, -0.2) is 17.5 Å². The number of amides is 1. The molecule has 1 aromatic rings. The molecule has 226 valence electrons. The van der Waals surface area contributed by atoms with Crippen LogP contribution in [0, 0.1) is 28.5 Å². The Morgan fingerprint density at radius 2 is 1.93 bits per heavy atom. The first kappa shape index (κ1) is 34.7. The summed E-state index contributed by atoms with van der Waals surface area (Å²) in [6.07, 6.45) is 6.49. The number of aryl methyl sites for hydroxylation is 1. The van der Waals surface area contributed by atoms with Crippen molar-refractivity contribution < 1.29 is 18.7 Å². The third-order valence-electron chi connectivity index (χ3n) is 7.91. The zero-order chi connectivity index (χ0) is 31.0. The van der Waals surface area contributed by atoms with Crippen molar-refractivity contribution in [3.8, 4) is 6.07 Å². The van der Waals surface area contributed by atoms with E-state index in [4.69, 9.17) is 10.00 Å². The van der Waals surface area contributed by atoms with Crippen LogP contribution in [-0.2, 0) is 27.2 Å². The van der Waals surface area contributed by atoms with E-state index in [1.807, 2.05) is 54.5 Å². The third kappa shape index (κ3) is 8.53. The molecule has 0 aromatic heterocycles. The molecule has 0 spiro atoms. The normalized spacial score (nSPS) is 17.8. The van der Waals surface area contributed by atoms with Gasteiger partial charge in [0.2, 0.25) is 5.91 Å². The number of allylic oxidation sites excluding steroid dienone is 1. The summed E-state index contributed by atoms with van der Waals surface area (Å²) in [5, 5.41) is 12.2. The van der Waals surface area contributed by atoms with Gasteiger partial charge in [-0.15, -0.1) is 0 Å². The molecule has 2 atom stereocenters. The highest BCUT2D eigenvalue weighted by atomic mass is 79.9. The third-order valence-corrected chi connectivity index (χ3v) is 8.77. The maximum Gasteiger partial charge on any atom is 0.306 e. The number of hydrogen-bond acceptors (Lipinski definition) is 4. The number of halogens is 2. The number of carbonyl (C=O) groups is 2. The first-order valence-corrected chi connectivity index (χ1v) is 15.9. The monoisotopic (exact) mass is 630 g/mol. The van der Waals surface area contributed by atoms with Gasteiger partial charge < -0.3 is 10.1 Å². The highest BCUT2D eigenvalue weighted by Crippen LogP contribution is 2.51. The topological polar surface area (TPSA) is 79.2 Å². The molecule has 0 saturated carbocycles. The van der Waals surface area contributed by atoms with Crippen LogP contribution in [0.25, 0.3) is 5.57 Å². The number of carbonyl (C=O) groups excluding carboxylic acids is 2. The minimum absolute atomic E-state index is 0.0730. The maximum absolute atomic E-state index is 16.0. The quantitative estimate of drug-likeness (QED) is 0.155. The fourth-order valence-electron chi connectivity index (χ4n) is 5.73. The molecule has 2 rings (SSSR count). The van der Waals surface area contributed by atoms with Crippen LogP contribution >= 0.6 is 15.9 Å². The van der Waals surface area contributed by atoms with Gasteiger partial charge in [0.15, 0.2) is 0 Å². The van der Waals surface area contributed by atoms with Crippen molar-refractivity contribution in [3.63, 3.8) is 0 Å². The molecule has 1 aliphatic heterocycles. The number of nitriles is 1. The zero-order valence-electron chi connectivity index (χ0n) is 26.1. The molecule has 5 nitrogen and oxygen atoms in total. The van der Waals surface area contributed by atoms with Crippen LogP contribution in [0.15, 0.2) is 28.4 Å². The van der Waals surface area contributed by atoms with Crippen molar-refractivity contribution in [2.45, 2.75) is 125 Å². The summed E-state index contributed by atoms with van der Waals surface area (Å²) in [4.78, 5) is 26.2. The maximum atomic E-state index is 16.0. The minimum atomic E-state index is -0.842. The molecule has 0 radical (unpaired) electrons. The lowest BCUT2D eigenvalue weighted by Gasteiger charge is -2.31. The highest BCUT2D eigenvalue weighted by Gasteiger charge is 2.48. The standard InChI is InChI=1S/C34H48BrFN2O3/c1-9-15-25-26(21-24(17-12-13-19-37)29(35)30(25)36)28-31(23(5)10-2)38-32(40)34(28,11-3)18-14-16-22(4)20-27(39)41-33(6,7)8/h21-22H,5,9-18,20H2,1-4,6-8H3,(H,38,40). The Morgan fingerprint density at radius 3 is 2.49 bits per heavy atom. The molecule has 7 heteroatoms. The number of benzene rings is 1. The van der Waals surface area contributed by atoms with Gasteiger partial charge in [-0.05, 0) is 115 Å². The Balaban J connectivity index is 2.57. The van der Waals surface area contributed by atoms with Crippen molar-refractivity contribution >= 4 is 33.4 Å². The predicted molar refractivity (Wildman–Crippen MR) is 167 cm³/mol. The van der Waals surface area contributed by atoms with E-state index < -0.39 is 11.0 Å². The molecule has 0 aliphatic carbocycles. The van der Waals surface area contributed by atoms with Crippen molar-refractivity contribution in [3.05, 3.63) is 50.9 Å². The van der Waals surface area contributed by atoms with Crippen LogP contribution in [0.4, 0.5) is 4.39 Å². The van der Waals surface area contributed by atoms with Gasteiger partial charge in [0.25, 0.3) is 0 Å². The van der Waals surface area contributed by atoms with Crippen LogP contribution in [0.5, 0.6) is 0 Å². The van der Waals surface area contributed by atoms with Crippen molar-refractivity contribution in [1.82, 2.24) is 5.32 Å². The number of nitrogens with zero attached hydrogens (tertiary/aromatic N) is 1. The molecular weight excluding hydrogens is 583 g/mol. The Hall–Kier alpha value is -2.46. The number of esters is 1. The highest BCUT2D eigenvalue weighted by molar-refractivity contribution is 9.10. The van der Waals surface area contributed by atoms with E-state index in [0.717, 1.165) is 41.5 Å². The molecule has 1 aromatic carbocycles. The van der Waals surface area contributed by atoms with Crippen molar-refractivity contribution in [2.75, 3.05) is 0 Å². The van der Waals surface area contributed by atoms with E-state index in [0.29, 0.717) is 67.1 Å². The Morgan fingerprint density at radius 1 is 1.24 bits per heavy atom. The average molecular weight is 632 g/mol. The number of nitrogens with one attached hydrogen (secondary N) is 1. The molecule has 1 aliphatic rings. The second-order valence-electron chi connectivity index (χ2n) is 12.3. The lowest BCUT2D eigenvalue weighted by atomic mass is 9.70. The van der Waals surface area contributed by atoms with Crippen molar-refractivity contribution in [1.29, 1.82) is 5.26 Å². The number of hydrogen-bond donors (Lipinski definition) is 1. The van der Waals surface area contributed by atoms with E-state index in [1.165, 1.54) is 0 Å². The molecule has 0 fully saturated rings. The fraction of sp³-hybridized carbons (Fsp3) is 0.618. The first-order chi connectivity index (χ1) is 19.3. The summed E-state index contributed by atoms with van der Waals surface area (Å²) in [6, 6.07) is 4.20.